The van der Waals surface area contributed by atoms with Gasteiger partial charge in [-0.05, 0) is 55.8 Å². The van der Waals surface area contributed by atoms with E-state index in [0.717, 1.165) is 0 Å². The number of halogens is 1. The van der Waals surface area contributed by atoms with Crippen LogP contribution >= 0.6 is 11.6 Å². The quantitative estimate of drug-likeness (QED) is 0.677. The average Bonchev–Trinajstić information content (AvgIpc) is 3.17. The molecular weight excluding hydrogens is 394 g/mol. The van der Waals surface area contributed by atoms with Crippen LogP contribution in [0.3, 0.4) is 0 Å². The zero-order valence-electron chi connectivity index (χ0n) is 15.9. The normalized spacial score (nSPS) is 16.9. The van der Waals surface area contributed by atoms with Gasteiger partial charge in [0.1, 0.15) is 12.4 Å². The minimum absolute atomic E-state index is 0.0175. The Morgan fingerprint density at radius 1 is 1.21 bits per heavy atom. The predicted molar refractivity (Wildman–Crippen MR) is 109 cm³/mol. The number of carboxylic acids is 1. The first-order valence-electron chi connectivity index (χ1n) is 8.93. The van der Waals surface area contributed by atoms with Crippen LogP contribution in [0.4, 0.5) is 0 Å². The number of furan rings is 1. The van der Waals surface area contributed by atoms with Crippen molar-refractivity contribution in [3.63, 3.8) is 0 Å². The van der Waals surface area contributed by atoms with Gasteiger partial charge in [-0.3, -0.25) is 0 Å². The fourth-order valence-electron chi connectivity index (χ4n) is 3.32. The zero-order chi connectivity index (χ0) is 21.0. The Kier molecular flexibility index (Phi) is 6.24. The second kappa shape index (κ2) is 8.84. The lowest BCUT2D eigenvalue weighted by atomic mass is 9.80. The lowest BCUT2D eigenvalue weighted by molar-refractivity contribution is -0.138. The van der Waals surface area contributed by atoms with Crippen molar-refractivity contribution in [2.75, 3.05) is 6.61 Å². The van der Waals surface area contributed by atoms with Gasteiger partial charge in [-0.1, -0.05) is 23.7 Å². The number of carboxylic acid groups (broad SMARTS) is 1. The van der Waals surface area contributed by atoms with E-state index in [-0.39, 0.29) is 17.8 Å². The van der Waals surface area contributed by atoms with Crippen molar-refractivity contribution in [1.29, 1.82) is 0 Å². The van der Waals surface area contributed by atoms with Crippen LogP contribution in [-0.2, 0) is 14.3 Å². The van der Waals surface area contributed by atoms with E-state index in [1.54, 1.807) is 68.7 Å². The second-order valence-corrected chi connectivity index (χ2v) is 6.95. The fraction of sp³-hybridized carbons (Fsp3) is 0.182. The fourth-order valence-corrected chi connectivity index (χ4v) is 3.52. The van der Waals surface area contributed by atoms with E-state index in [2.05, 4.69) is 5.32 Å². The van der Waals surface area contributed by atoms with Gasteiger partial charge < -0.3 is 19.6 Å². The van der Waals surface area contributed by atoms with Gasteiger partial charge in [-0.15, -0.1) is 0 Å². The first-order chi connectivity index (χ1) is 13.9. The monoisotopic (exact) mass is 413 g/mol. The Hall–Kier alpha value is -3.25. The van der Waals surface area contributed by atoms with E-state index in [1.807, 2.05) is 0 Å². The zero-order valence-corrected chi connectivity index (χ0v) is 16.7. The molecule has 29 heavy (non-hydrogen) atoms. The molecule has 1 aromatic heterocycles. The van der Waals surface area contributed by atoms with Crippen LogP contribution in [0.5, 0.6) is 0 Å². The predicted octanol–water partition coefficient (Wildman–Crippen LogP) is 4.51. The van der Waals surface area contributed by atoms with Crippen molar-refractivity contribution < 1.29 is 23.8 Å². The van der Waals surface area contributed by atoms with E-state index in [1.165, 1.54) is 0 Å². The number of carbonyl (C=O) groups is 2. The minimum Gasteiger partial charge on any atom is -0.478 e. The number of dihydropyridines is 1. The molecule has 2 heterocycles. The molecule has 0 spiro atoms. The number of allylic oxidation sites excluding steroid dienone is 2. The van der Waals surface area contributed by atoms with E-state index >= 15 is 0 Å². The molecule has 2 aromatic rings. The maximum absolute atomic E-state index is 12.9. The van der Waals surface area contributed by atoms with Crippen LogP contribution < -0.4 is 5.32 Å². The highest BCUT2D eigenvalue weighted by atomic mass is 35.5. The Morgan fingerprint density at radius 2 is 1.97 bits per heavy atom. The molecule has 0 aliphatic carbocycles. The van der Waals surface area contributed by atoms with E-state index < -0.39 is 17.9 Å². The third-order valence-corrected chi connectivity index (χ3v) is 4.76. The summed E-state index contributed by atoms with van der Waals surface area (Å²) in [6.45, 7) is 3.40. The smallest absolute Gasteiger partial charge is 0.337 e. The maximum Gasteiger partial charge on any atom is 0.337 e. The van der Waals surface area contributed by atoms with E-state index in [0.29, 0.717) is 27.7 Å². The Balaban J connectivity index is 1.90. The van der Waals surface area contributed by atoms with Crippen molar-refractivity contribution in [2.45, 2.75) is 19.8 Å². The number of hydrogen-bond donors (Lipinski definition) is 2. The summed E-state index contributed by atoms with van der Waals surface area (Å²) in [6.07, 6.45) is 4.89. The molecule has 7 heteroatoms. The average molecular weight is 414 g/mol. The molecule has 1 aliphatic rings. The highest BCUT2D eigenvalue weighted by Crippen LogP contribution is 2.39. The topological polar surface area (TPSA) is 88.8 Å². The van der Waals surface area contributed by atoms with Crippen molar-refractivity contribution >= 4 is 29.6 Å². The van der Waals surface area contributed by atoms with E-state index in [4.69, 9.17) is 20.8 Å². The molecule has 0 fully saturated rings. The van der Waals surface area contributed by atoms with Crippen LogP contribution in [0.25, 0.3) is 6.08 Å². The number of aliphatic carboxylic acids is 1. The SMILES string of the molecule is CC1=C(C(=O)O)C(c2cccc(Cl)c2)C(C(=O)OCC=Cc2ccco2)=C(C)N1. The third kappa shape index (κ3) is 4.60. The first kappa shape index (κ1) is 20.5. The third-order valence-electron chi connectivity index (χ3n) is 4.53. The summed E-state index contributed by atoms with van der Waals surface area (Å²) in [4.78, 5) is 24.9. The van der Waals surface area contributed by atoms with Crippen molar-refractivity contribution in [2.24, 2.45) is 0 Å². The van der Waals surface area contributed by atoms with Crippen LogP contribution in [0, 0.1) is 0 Å². The summed E-state index contributed by atoms with van der Waals surface area (Å²) in [5.41, 5.74) is 1.93. The molecular formula is C22H20ClNO5. The number of benzene rings is 1. The number of nitrogens with one attached hydrogen (secondary N) is 1. The Bertz CT molecular complexity index is 1020. The first-order valence-corrected chi connectivity index (χ1v) is 9.30. The summed E-state index contributed by atoms with van der Waals surface area (Å²) >= 11 is 6.11. The Labute approximate surface area is 173 Å². The van der Waals surface area contributed by atoms with Gasteiger partial charge in [0.2, 0.25) is 0 Å². The highest BCUT2D eigenvalue weighted by Gasteiger charge is 2.37. The number of rotatable bonds is 6. The van der Waals surface area contributed by atoms with Gasteiger partial charge in [0.25, 0.3) is 0 Å². The molecule has 2 N–H and O–H groups in total. The molecule has 0 radical (unpaired) electrons. The summed E-state index contributed by atoms with van der Waals surface area (Å²) in [7, 11) is 0. The van der Waals surface area contributed by atoms with Crippen LogP contribution in [0.1, 0.15) is 31.1 Å². The van der Waals surface area contributed by atoms with Crippen molar-refractivity contribution in [3.8, 4) is 0 Å². The molecule has 1 aliphatic heterocycles. The minimum atomic E-state index is -1.12. The lowest BCUT2D eigenvalue weighted by Gasteiger charge is -2.29. The second-order valence-electron chi connectivity index (χ2n) is 6.51. The molecule has 150 valence electrons. The van der Waals surface area contributed by atoms with Gasteiger partial charge >= 0.3 is 11.9 Å². The van der Waals surface area contributed by atoms with Crippen LogP contribution in [0.2, 0.25) is 5.02 Å². The summed E-state index contributed by atoms with van der Waals surface area (Å²) < 4.78 is 10.6. The standard InChI is InChI=1S/C22H20ClNO5/c1-13-18(21(25)26)20(15-6-3-7-16(23)12-15)19(14(2)24-13)22(27)29-11-5-9-17-8-4-10-28-17/h3-10,12,20,24H,11H2,1-2H3,(H,25,26). The van der Waals surface area contributed by atoms with E-state index in [9.17, 15) is 14.7 Å². The number of ether oxygens (including phenoxy) is 1. The lowest BCUT2D eigenvalue weighted by Crippen LogP contribution is -2.31. The number of esters is 1. The maximum atomic E-state index is 12.9. The molecule has 0 saturated carbocycles. The molecule has 0 bridgehead atoms. The van der Waals surface area contributed by atoms with Gasteiger partial charge in [-0.2, -0.15) is 0 Å². The molecule has 1 aromatic carbocycles. The molecule has 1 atom stereocenters. The summed E-state index contributed by atoms with van der Waals surface area (Å²) in [5.74, 6) is -1.88. The summed E-state index contributed by atoms with van der Waals surface area (Å²) in [6, 6.07) is 10.3. The van der Waals surface area contributed by atoms with Gasteiger partial charge in [0.05, 0.1) is 23.3 Å². The Morgan fingerprint density at radius 3 is 2.62 bits per heavy atom. The van der Waals surface area contributed by atoms with Crippen LogP contribution in [-0.4, -0.2) is 23.7 Å². The van der Waals surface area contributed by atoms with Gasteiger partial charge in [0.15, 0.2) is 0 Å². The van der Waals surface area contributed by atoms with Gasteiger partial charge in [-0.25, -0.2) is 9.59 Å². The largest absolute Gasteiger partial charge is 0.478 e. The number of hydrogen-bond acceptors (Lipinski definition) is 5. The van der Waals surface area contributed by atoms with Crippen molar-refractivity contribution in [3.05, 3.63) is 87.6 Å². The van der Waals surface area contributed by atoms with Gasteiger partial charge in [0, 0.05) is 16.4 Å². The molecule has 3 rings (SSSR count). The molecule has 0 amide bonds. The van der Waals surface area contributed by atoms with Crippen molar-refractivity contribution in [1.82, 2.24) is 5.32 Å². The molecule has 1 unspecified atom stereocenters. The van der Waals surface area contributed by atoms with Crippen LogP contribution in [0.15, 0.2) is 75.7 Å². The summed E-state index contributed by atoms with van der Waals surface area (Å²) in [5, 5.41) is 13.2. The molecule has 0 saturated heterocycles. The number of carbonyl (C=O) groups excluding carboxylic acids is 1. The molecule has 6 nitrogen and oxygen atoms in total. The highest BCUT2D eigenvalue weighted by molar-refractivity contribution is 6.30.